The molecule has 1 aliphatic heterocycles. The van der Waals surface area contributed by atoms with Gasteiger partial charge in [-0.3, -0.25) is 9.59 Å². The average Bonchev–Trinajstić information content (AvgIpc) is 3.17. The van der Waals surface area contributed by atoms with Crippen LogP contribution in [-0.4, -0.2) is 40.9 Å². The van der Waals surface area contributed by atoms with E-state index in [-0.39, 0.29) is 24.5 Å². The summed E-state index contributed by atoms with van der Waals surface area (Å²) >= 11 is 0. The monoisotopic (exact) mass is 513 g/mol. The predicted molar refractivity (Wildman–Crippen MR) is 144 cm³/mol. The van der Waals surface area contributed by atoms with E-state index in [1.54, 1.807) is 55.5 Å². The quantitative estimate of drug-likeness (QED) is 0.174. The summed E-state index contributed by atoms with van der Waals surface area (Å²) in [5.41, 5.74) is 3.27. The Morgan fingerprint density at radius 1 is 0.947 bits per heavy atom. The second-order valence-corrected chi connectivity index (χ2v) is 9.13. The molecule has 3 aromatic rings. The highest BCUT2D eigenvalue weighted by Crippen LogP contribution is 2.40. The molecule has 1 atom stereocenters. The summed E-state index contributed by atoms with van der Waals surface area (Å²) in [5, 5.41) is 11.3. The lowest BCUT2D eigenvalue weighted by Crippen LogP contribution is -2.29. The number of carbonyl (C=O) groups excluding carboxylic acids is 3. The molecule has 4 rings (SSSR count). The van der Waals surface area contributed by atoms with Crippen LogP contribution in [0.25, 0.3) is 5.76 Å². The summed E-state index contributed by atoms with van der Waals surface area (Å²) in [7, 11) is 0. The van der Waals surface area contributed by atoms with Crippen LogP contribution in [0, 0.1) is 6.92 Å². The van der Waals surface area contributed by atoms with Gasteiger partial charge in [-0.25, -0.2) is 4.79 Å². The average molecular weight is 514 g/mol. The van der Waals surface area contributed by atoms with Gasteiger partial charge in [-0.2, -0.15) is 0 Å². The number of ketones is 1. The van der Waals surface area contributed by atoms with E-state index >= 15 is 0 Å². The van der Waals surface area contributed by atoms with Crippen LogP contribution >= 0.6 is 0 Å². The number of ether oxygens (including phenoxy) is 2. The highest BCUT2D eigenvalue weighted by Gasteiger charge is 2.46. The summed E-state index contributed by atoms with van der Waals surface area (Å²) < 4.78 is 10.7. The summed E-state index contributed by atoms with van der Waals surface area (Å²) in [6.07, 6.45) is 0.868. The normalized spacial score (nSPS) is 16.5. The number of Topliss-reactive ketones (excluding diaryl/α,β-unsaturated/α-hetero) is 1. The van der Waals surface area contributed by atoms with Gasteiger partial charge in [-0.1, -0.05) is 48.9 Å². The number of aliphatic hydroxyl groups excluding tert-OH is 1. The second-order valence-electron chi connectivity index (χ2n) is 9.13. The Balaban J connectivity index is 1.72. The Morgan fingerprint density at radius 3 is 2.26 bits per heavy atom. The maximum atomic E-state index is 13.3. The van der Waals surface area contributed by atoms with Gasteiger partial charge in [-0.05, 0) is 67.8 Å². The van der Waals surface area contributed by atoms with Crippen LogP contribution in [0.2, 0.25) is 0 Å². The van der Waals surface area contributed by atoms with Crippen molar-refractivity contribution in [1.29, 1.82) is 0 Å². The molecule has 0 radical (unpaired) electrons. The number of aryl methyl sites for hydroxylation is 1. The van der Waals surface area contributed by atoms with Crippen molar-refractivity contribution in [3.05, 3.63) is 106 Å². The zero-order valence-electron chi connectivity index (χ0n) is 21.8. The number of rotatable bonds is 9. The number of aliphatic hydroxyl groups is 1. The molecule has 1 aliphatic rings. The molecule has 1 fully saturated rings. The summed E-state index contributed by atoms with van der Waals surface area (Å²) in [4.78, 5) is 40.1. The van der Waals surface area contributed by atoms with Crippen LogP contribution < -0.4 is 4.74 Å². The van der Waals surface area contributed by atoms with Crippen LogP contribution in [0.4, 0.5) is 0 Å². The van der Waals surface area contributed by atoms with Crippen LogP contribution in [0.3, 0.4) is 0 Å². The van der Waals surface area contributed by atoms with Crippen LogP contribution in [0.15, 0.2) is 78.4 Å². The Morgan fingerprint density at radius 2 is 1.63 bits per heavy atom. The third-order valence-corrected chi connectivity index (χ3v) is 6.32. The van der Waals surface area contributed by atoms with Crippen molar-refractivity contribution in [2.45, 2.75) is 39.8 Å². The van der Waals surface area contributed by atoms with E-state index in [9.17, 15) is 19.5 Å². The molecule has 0 aromatic heterocycles. The number of hydrogen-bond acceptors (Lipinski definition) is 6. The van der Waals surface area contributed by atoms with Crippen molar-refractivity contribution in [2.75, 3.05) is 13.2 Å². The molecule has 38 heavy (non-hydrogen) atoms. The lowest BCUT2D eigenvalue weighted by molar-refractivity contribution is -0.140. The maximum Gasteiger partial charge on any atom is 0.338 e. The molecule has 7 heteroatoms. The molecule has 1 saturated heterocycles. The first-order valence-corrected chi connectivity index (χ1v) is 12.7. The molecular weight excluding hydrogens is 482 g/mol. The molecule has 7 nitrogen and oxygen atoms in total. The standard InChI is InChI=1S/C31H31NO6/c1-4-17-38-25-15-13-22(14-16-25)28(33)26-27(24-8-6-7-20(3)18-24)32(30(35)29(26)34)19-21-9-11-23(12-10-21)31(36)37-5-2/h6-16,18,27,33H,4-5,17,19H2,1-3H3/b28-26+. The zero-order valence-corrected chi connectivity index (χ0v) is 21.8. The van der Waals surface area contributed by atoms with E-state index in [2.05, 4.69) is 0 Å². The van der Waals surface area contributed by atoms with Crippen molar-refractivity contribution in [3.63, 3.8) is 0 Å². The SMILES string of the molecule is CCCOc1ccc(/C(O)=C2\C(=O)C(=O)N(Cc3ccc(C(=O)OCC)cc3)C2c2cccc(C)c2)cc1. The number of benzene rings is 3. The lowest BCUT2D eigenvalue weighted by Gasteiger charge is -2.26. The molecule has 0 bridgehead atoms. The number of nitrogens with zero attached hydrogens (tertiary/aromatic N) is 1. The van der Waals surface area contributed by atoms with Crippen LogP contribution in [0.1, 0.15) is 58.9 Å². The molecule has 1 amide bonds. The number of hydrogen-bond donors (Lipinski definition) is 1. The van der Waals surface area contributed by atoms with Gasteiger partial charge in [0.2, 0.25) is 0 Å². The molecule has 1 N–H and O–H groups in total. The van der Waals surface area contributed by atoms with E-state index in [1.807, 2.05) is 38.1 Å². The van der Waals surface area contributed by atoms with Gasteiger partial charge in [0.05, 0.1) is 30.4 Å². The van der Waals surface area contributed by atoms with Gasteiger partial charge in [-0.15, -0.1) is 0 Å². The van der Waals surface area contributed by atoms with Crippen molar-refractivity contribution in [2.24, 2.45) is 0 Å². The highest BCUT2D eigenvalue weighted by molar-refractivity contribution is 6.46. The van der Waals surface area contributed by atoms with E-state index in [1.165, 1.54) is 4.90 Å². The summed E-state index contributed by atoms with van der Waals surface area (Å²) in [6.45, 7) is 6.65. The van der Waals surface area contributed by atoms with Crippen molar-refractivity contribution in [3.8, 4) is 5.75 Å². The van der Waals surface area contributed by atoms with Crippen molar-refractivity contribution < 1.29 is 29.0 Å². The molecule has 3 aromatic carbocycles. The molecule has 1 unspecified atom stereocenters. The zero-order chi connectivity index (χ0) is 27.2. The molecular formula is C31H31NO6. The fourth-order valence-electron chi connectivity index (χ4n) is 4.47. The van der Waals surface area contributed by atoms with Gasteiger partial charge in [0.15, 0.2) is 0 Å². The lowest BCUT2D eigenvalue weighted by atomic mass is 9.94. The number of carbonyl (C=O) groups is 3. The van der Waals surface area contributed by atoms with Gasteiger partial charge in [0, 0.05) is 12.1 Å². The second kappa shape index (κ2) is 11.8. The summed E-state index contributed by atoms with van der Waals surface area (Å²) in [6, 6.07) is 20.3. The number of amides is 1. The van der Waals surface area contributed by atoms with E-state index < -0.39 is 23.7 Å². The Kier molecular flexibility index (Phi) is 8.26. The van der Waals surface area contributed by atoms with Gasteiger partial charge in [0.25, 0.3) is 11.7 Å². The molecule has 0 saturated carbocycles. The van der Waals surface area contributed by atoms with Gasteiger partial charge in [0.1, 0.15) is 11.5 Å². The van der Waals surface area contributed by atoms with Gasteiger partial charge < -0.3 is 19.5 Å². The molecule has 0 aliphatic carbocycles. The third-order valence-electron chi connectivity index (χ3n) is 6.32. The van der Waals surface area contributed by atoms with Crippen molar-refractivity contribution >= 4 is 23.4 Å². The topological polar surface area (TPSA) is 93.1 Å². The first-order chi connectivity index (χ1) is 18.3. The van der Waals surface area contributed by atoms with Crippen LogP contribution in [-0.2, 0) is 20.9 Å². The summed E-state index contributed by atoms with van der Waals surface area (Å²) in [5.74, 6) is -1.45. The third kappa shape index (κ3) is 5.62. The predicted octanol–water partition coefficient (Wildman–Crippen LogP) is 5.58. The van der Waals surface area contributed by atoms with Gasteiger partial charge >= 0.3 is 5.97 Å². The highest BCUT2D eigenvalue weighted by atomic mass is 16.5. The minimum Gasteiger partial charge on any atom is -0.507 e. The smallest absolute Gasteiger partial charge is 0.338 e. The van der Waals surface area contributed by atoms with E-state index in [0.29, 0.717) is 23.5 Å². The fourth-order valence-corrected chi connectivity index (χ4v) is 4.47. The van der Waals surface area contributed by atoms with Crippen LogP contribution in [0.5, 0.6) is 5.75 Å². The fraction of sp³-hybridized carbons (Fsp3) is 0.258. The molecule has 196 valence electrons. The van der Waals surface area contributed by atoms with Crippen molar-refractivity contribution in [1.82, 2.24) is 4.90 Å². The molecule has 1 heterocycles. The number of likely N-dealkylation sites (tertiary alicyclic amines) is 1. The first-order valence-electron chi connectivity index (χ1n) is 12.7. The van der Waals surface area contributed by atoms with E-state index in [0.717, 1.165) is 23.1 Å². The minimum atomic E-state index is -0.782. The Hall–Kier alpha value is -4.39. The number of esters is 1. The molecule has 0 spiro atoms. The maximum absolute atomic E-state index is 13.3. The Bertz CT molecular complexity index is 1360. The minimum absolute atomic E-state index is 0.0333. The first kappa shape index (κ1) is 26.7. The largest absolute Gasteiger partial charge is 0.507 e. The Labute approximate surface area is 222 Å². The van der Waals surface area contributed by atoms with E-state index in [4.69, 9.17) is 9.47 Å².